The summed E-state index contributed by atoms with van der Waals surface area (Å²) >= 11 is 0. The molecule has 0 bridgehead atoms. The van der Waals surface area contributed by atoms with Gasteiger partial charge in [-0.05, 0) is 20.7 Å². The van der Waals surface area contributed by atoms with E-state index in [-0.39, 0.29) is 6.61 Å². The van der Waals surface area contributed by atoms with E-state index in [4.69, 9.17) is 9.52 Å². The fourth-order valence-electron chi connectivity index (χ4n) is 0.285. The number of hydrogen-bond donors (Lipinski definition) is 2. The largest absolute Gasteiger partial charge is 0.479 e. The number of rotatable bonds is 2. The molecule has 0 fully saturated rings. The highest BCUT2D eigenvalue weighted by molar-refractivity contribution is 5.80. The maximum Gasteiger partial charge on any atom is 0.212 e. The van der Waals surface area contributed by atoms with Crippen LogP contribution in [0.15, 0.2) is 0 Å². The van der Waals surface area contributed by atoms with Crippen LogP contribution in [-0.4, -0.2) is 23.2 Å². The molecule has 3 nitrogen and oxygen atoms in total. The number of aliphatic hydroxyl groups is 1. The van der Waals surface area contributed by atoms with E-state index < -0.39 is 18.4 Å². The third kappa shape index (κ3) is 3.08. The van der Waals surface area contributed by atoms with Crippen molar-refractivity contribution in [2.45, 2.75) is 26.3 Å². The highest BCUT2D eigenvalue weighted by Gasteiger charge is 2.20. The average molecular weight is 134 g/mol. The Morgan fingerprint density at radius 1 is 2.00 bits per heavy atom. The number of hydrogen-bond acceptors (Lipinski definition) is 3. The molecular formula is C6H13NO2. The minimum Gasteiger partial charge on any atom is -0.479 e. The molecule has 0 aliphatic rings. The molecule has 9 heavy (non-hydrogen) atoms. The third-order valence-electron chi connectivity index (χ3n) is 0.731. The van der Waals surface area contributed by atoms with Gasteiger partial charge < -0.3 is 9.84 Å². The molecule has 0 amide bonds. The molecular weight excluding hydrogens is 118 g/mol. The molecule has 0 aromatic heterocycles. The summed E-state index contributed by atoms with van der Waals surface area (Å²) in [5.41, 5.74) is -2.19. The van der Waals surface area contributed by atoms with E-state index >= 15 is 0 Å². The Morgan fingerprint density at radius 2 is 2.56 bits per heavy atom. The quantitative estimate of drug-likeness (QED) is 0.433. The zero-order valence-corrected chi connectivity index (χ0v) is 5.56. The summed E-state index contributed by atoms with van der Waals surface area (Å²) in [6.45, 7) is 0.201. The van der Waals surface area contributed by atoms with Crippen LogP contribution in [-0.2, 0) is 4.74 Å². The molecule has 0 radical (unpaired) electrons. The lowest BCUT2D eigenvalue weighted by Gasteiger charge is -2.17. The summed E-state index contributed by atoms with van der Waals surface area (Å²) in [5, 5.41) is 16.5. The minimum absolute atomic E-state index is 0.172. The van der Waals surface area contributed by atoms with E-state index in [0.717, 1.165) is 6.92 Å². The van der Waals surface area contributed by atoms with Gasteiger partial charge in [0.2, 0.25) is 5.90 Å². The second-order valence-corrected chi connectivity index (χ2v) is 1.83. The van der Waals surface area contributed by atoms with Gasteiger partial charge in [0, 0.05) is 4.11 Å². The topological polar surface area (TPSA) is 53.3 Å². The SMILES string of the molecule is [2H]C([2H])([2H])C(C)(O)C(=N)OCC. The van der Waals surface area contributed by atoms with Crippen molar-refractivity contribution < 1.29 is 14.0 Å². The first-order chi connectivity index (χ1) is 5.23. The van der Waals surface area contributed by atoms with E-state index in [1.54, 1.807) is 6.92 Å². The van der Waals surface area contributed by atoms with Gasteiger partial charge in [0.1, 0.15) is 5.60 Å². The molecule has 0 saturated carbocycles. The lowest BCUT2D eigenvalue weighted by atomic mass is 10.1. The van der Waals surface area contributed by atoms with E-state index in [2.05, 4.69) is 4.74 Å². The molecule has 54 valence electrons. The molecule has 0 heterocycles. The Kier molecular flexibility index (Phi) is 1.34. The lowest BCUT2D eigenvalue weighted by Crippen LogP contribution is -2.32. The molecule has 0 saturated heterocycles. The normalized spacial score (nSPS) is 22.8. The van der Waals surface area contributed by atoms with Crippen molar-refractivity contribution in [2.24, 2.45) is 0 Å². The van der Waals surface area contributed by atoms with Gasteiger partial charge in [0.15, 0.2) is 0 Å². The van der Waals surface area contributed by atoms with Crippen molar-refractivity contribution >= 4 is 5.90 Å². The number of ether oxygens (including phenoxy) is 1. The Bertz CT molecular complexity index is 176. The summed E-state index contributed by atoms with van der Waals surface area (Å²) < 4.78 is 25.3. The number of nitrogens with one attached hydrogen (secondary N) is 1. The molecule has 0 aliphatic heterocycles. The van der Waals surface area contributed by atoms with Crippen LogP contribution in [0.3, 0.4) is 0 Å². The standard InChI is InChI=1S/C6H13NO2/c1-4-9-5(7)6(2,3)8/h7-8H,4H2,1-3H3/i2D3. The monoisotopic (exact) mass is 134 g/mol. The van der Waals surface area contributed by atoms with Crippen molar-refractivity contribution in [2.75, 3.05) is 6.61 Å². The summed E-state index contributed by atoms with van der Waals surface area (Å²) in [4.78, 5) is 0. The smallest absolute Gasteiger partial charge is 0.212 e. The van der Waals surface area contributed by atoms with Gasteiger partial charge in [0.25, 0.3) is 0 Å². The maximum absolute atomic E-state index is 9.34. The zero-order valence-electron chi connectivity index (χ0n) is 8.56. The van der Waals surface area contributed by atoms with E-state index in [1.165, 1.54) is 0 Å². The van der Waals surface area contributed by atoms with Gasteiger partial charge in [-0.15, -0.1) is 0 Å². The van der Waals surface area contributed by atoms with E-state index in [1.807, 2.05) is 0 Å². The Labute approximate surface area is 59.4 Å². The van der Waals surface area contributed by atoms with Crippen LogP contribution >= 0.6 is 0 Å². The predicted octanol–water partition coefficient (Wildman–Crippen LogP) is 0.771. The summed E-state index contributed by atoms with van der Waals surface area (Å²) in [6.07, 6.45) is 0. The van der Waals surface area contributed by atoms with E-state index in [0.29, 0.717) is 0 Å². The van der Waals surface area contributed by atoms with E-state index in [9.17, 15) is 5.11 Å². The van der Waals surface area contributed by atoms with Crippen molar-refractivity contribution in [1.29, 1.82) is 5.41 Å². The molecule has 0 aromatic rings. The fourth-order valence-corrected chi connectivity index (χ4v) is 0.285. The highest BCUT2D eigenvalue weighted by Crippen LogP contribution is 2.03. The van der Waals surface area contributed by atoms with Gasteiger partial charge in [-0.25, -0.2) is 0 Å². The van der Waals surface area contributed by atoms with Crippen LogP contribution in [0.5, 0.6) is 0 Å². The fraction of sp³-hybridized carbons (Fsp3) is 0.833. The summed E-state index contributed by atoms with van der Waals surface area (Å²) in [5.74, 6) is -0.620. The third-order valence-corrected chi connectivity index (χ3v) is 0.731. The van der Waals surface area contributed by atoms with Gasteiger partial charge in [-0.1, -0.05) is 0 Å². The van der Waals surface area contributed by atoms with Crippen LogP contribution in [0.4, 0.5) is 0 Å². The molecule has 0 spiro atoms. The molecule has 0 rings (SSSR count). The zero-order chi connectivity index (χ0) is 9.99. The minimum atomic E-state index is -2.63. The first kappa shape index (κ1) is 4.28. The molecule has 0 aliphatic carbocycles. The molecule has 1 unspecified atom stereocenters. The first-order valence-corrected chi connectivity index (χ1v) is 2.67. The molecule has 2 N–H and O–H groups in total. The summed E-state index contributed by atoms with van der Waals surface area (Å²) in [6, 6.07) is 0. The predicted molar refractivity (Wildman–Crippen MR) is 35.7 cm³/mol. The maximum atomic E-state index is 9.34. The van der Waals surface area contributed by atoms with Crippen molar-refractivity contribution in [3.8, 4) is 0 Å². The Balaban J connectivity index is 4.50. The van der Waals surface area contributed by atoms with Gasteiger partial charge >= 0.3 is 0 Å². The molecule has 0 aromatic carbocycles. The lowest BCUT2D eigenvalue weighted by molar-refractivity contribution is 0.114. The average Bonchev–Trinajstić information content (AvgIpc) is 1.85. The van der Waals surface area contributed by atoms with Gasteiger partial charge in [-0.3, -0.25) is 5.41 Å². The Morgan fingerprint density at radius 3 is 2.89 bits per heavy atom. The van der Waals surface area contributed by atoms with Gasteiger partial charge in [0.05, 0.1) is 6.61 Å². The second-order valence-electron chi connectivity index (χ2n) is 1.83. The van der Waals surface area contributed by atoms with Crippen molar-refractivity contribution in [1.82, 2.24) is 0 Å². The van der Waals surface area contributed by atoms with Crippen molar-refractivity contribution in [3.63, 3.8) is 0 Å². The Hall–Kier alpha value is -0.570. The van der Waals surface area contributed by atoms with Gasteiger partial charge in [-0.2, -0.15) is 0 Å². The molecule has 1 atom stereocenters. The van der Waals surface area contributed by atoms with Crippen LogP contribution in [0.1, 0.15) is 24.8 Å². The summed E-state index contributed by atoms with van der Waals surface area (Å²) in [7, 11) is 0. The van der Waals surface area contributed by atoms with Crippen molar-refractivity contribution in [3.05, 3.63) is 0 Å². The second kappa shape index (κ2) is 2.82. The van der Waals surface area contributed by atoms with Crippen LogP contribution in [0, 0.1) is 5.41 Å². The van der Waals surface area contributed by atoms with Crippen LogP contribution < -0.4 is 0 Å². The van der Waals surface area contributed by atoms with Crippen LogP contribution in [0.25, 0.3) is 0 Å². The first-order valence-electron chi connectivity index (χ1n) is 4.17. The highest BCUT2D eigenvalue weighted by atomic mass is 16.5. The molecule has 3 heteroatoms. The van der Waals surface area contributed by atoms with Crippen LogP contribution in [0.2, 0.25) is 0 Å².